The fraction of sp³-hybridized carbons (Fsp3) is 0.500. The average Bonchev–Trinajstić information content (AvgIpc) is 2.03. The molecule has 2 nitrogen and oxygen atoms in total. The SMILES string of the molecule is C=C1CCCC/C1=C\OC(C)=O. The molecule has 1 aliphatic rings. The van der Waals surface area contributed by atoms with Gasteiger partial charge in [0.2, 0.25) is 0 Å². The lowest BCUT2D eigenvalue weighted by Crippen LogP contribution is -2.00. The number of esters is 1. The molecule has 1 fully saturated rings. The second kappa shape index (κ2) is 4.10. The van der Waals surface area contributed by atoms with Crippen molar-refractivity contribution in [2.45, 2.75) is 32.6 Å². The predicted octanol–water partition coefficient (Wildman–Crippen LogP) is 2.56. The summed E-state index contributed by atoms with van der Waals surface area (Å²) in [6.07, 6.45) is 5.95. The first-order valence-electron chi connectivity index (χ1n) is 4.24. The molecule has 0 bridgehead atoms. The standard InChI is InChI=1S/C10H14O2/c1-8-5-3-4-6-10(8)7-12-9(2)11/h7H,1,3-6H2,2H3/b10-7+. The van der Waals surface area contributed by atoms with Gasteiger partial charge in [-0.05, 0) is 36.8 Å². The monoisotopic (exact) mass is 166 g/mol. The van der Waals surface area contributed by atoms with Gasteiger partial charge in [-0.15, -0.1) is 0 Å². The fourth-order valence-corrected chi connectivity index (χ4v) is 1.29. The Bertz CT molecular complexity index is 226. The lowest BCUT2D eigenvalue weighted by Gasteiger charge is -2.15. The van der Waals surface area contributed by atoms with Crippen molar-refractivity contribution in [1.29, 1.82) is 0 Å². The van der Waals surface area contributed by atoms with Crippen LogP contribution in [0, 0.1) is 0 Å². The smallest absolute Gasteiger partial charge is 0.307 e. The summed E-state index contributed by atoms with van der Waals surface area (Å²) in [5.41, 5.74) is 2.21. The lowest BCUT2D eigenvalue weighted by molar-refractivity contribution is -0.135. The van der Waals surface area contributed by atoms with Crippen molar-refractivity contribution in [3.05, 3.63) is 24.0 Å². The molecule has 0 amide bonds. The zero-order chi connectivity index (χ0) is 8.97. The molecule has 0 unspecified atom stereocenters. The second-order valence-corrected chi connectivity index (χ2v) is 3.06. The van der Waals surface area contributed by atoms with Crippen LogP contribution in [-0.4, -0.2) is 5.97 Å². The van der Waals surface area contributed by atoms with Crippen LogP contribution in [-0.2, 0) is 9.53 Å². The van der Waals surface area contributed by atoms with Gasteiger partial charge in [0.1, 0.15) is 0 Å². The molecule has 1 aliphatic carbocycles. The maximum absolute atomic E-state index is 10.5. The van der Waals surface area contributed by atoms with Crippen LogP contribution >= 0.6 is 0 Å². The zero-order valence-electron chi connectivity index (χ0n) is 7.43. The van der Waals surface area contributed by atoms with Crippen LogP contribution in [0.4, 0.5) is 0 Å². The summed E-state index contributed by atoms with van der Waals surface area (Å²) in [4.78, 5) is 10.5. The molecule has 12 heavy (non-hydrogen) atoms. The quantitative estimate of drug-likeness (QED) is 0.442. The highest BCUT2D eigenvalue weighted by Crippen LogP contribution is 2.26. The normalized spacial score (nSPS) is 21.1. The van der Waals surface area contributed by atoms with E-state index in [4.69, 9.17) is 4.74 Å². The molecule has 2 heteroatoms. The van der Waals surface area contributed by atoms with E-state index in [2.05, 4.69) is 6.58 Å². The molecule has 0 aliphatic heterocycles. The number of hydrogen-bond donors (Lipinski definition) is 0. The van der Waals surface area contributed by atoms with E-state index in [1.807, 2.05) is 0 Å². The Morgan fingerprint density at radius 3 is 2.75 bits per heavy atom. The highest BCUT2D eigenvalue weighted by molar-refractivity contribution is 5.66. The molecule has 0 saturated heterocycles. The molecule has 1 saturated carbocycles. The van der Waals surface area contributed by atoms with Crippen molar-refractivity contribution >= 4 is 5.97 Å². The summed E-state index contributed by atoms with van der Waals surface area (Å²) in [7, 11) is 0. The number of hydrogen-bond acceptors (Lipinski definition) is 2. The van der Waals surface area contributed by atoms with Crippen LogP contribution in [0.2, 0.25) is 0 Å². The summed E-state index contributed by atoms with van der Waals surface area (Å²) in [5.74, 6) is -0.263. The van der Waals surface area contributed by atoms with Crippen LogP contribution in [0.25, 0.3) is 0 Å². The van der Waals surface area contributed by atoms with Crippen molar-refractivity contribution in [2.24, 2.45) is 0 Å². The molecule has 0 N–H and O–H groups in total. The summed E-state index contributed by atoms with van der Waals surface area (Å²) in [6, 6.07) is 0. The molecule has 1 rings (SSSR count). The second-order valence-electron chi connectivity index (χ2n) is 3.06. The van der Waals surface area contributed by atoms with E-state index in [1.54, 1.807) is 6.26 Å². The Morgan fingerprint density at radius 2 is 2.17 bits per heavy atom. The first-order chi connectivity index (χ1) is 5.70. The van der Waals surface area contributed by atoms with E-state index in [1.165, 1.54) is 19.8 Å². The molecule has 0 radical (unpaired) electrons. The third-order valence-electron chi connectivity index (χ3n) is 2.00. The summed E-state index contributed by atoms with van der Waals surface area (Å²) in [5, 5.41) is 0. The van der Waals surface area contributed by atoms with Gasteiger partial charge in [-0.2, -0.15) is 0 Å². The van der Waals surface area contributed by atoms with Gasteiger partial charge in [0.15, 0.2) is 0 Å². The lowest BCUT2D eigenvalue weighted by atomic mass is 9.92. The molecular weight excluding hydrogens is 152 g/mol. The van der Waals surface area contributed by atoms with Crippen LogP contribution in [0.1, 0.15) is 32.6 Å². The van der Waals surface area contributed by atoms with Gasteiger partial charge in [0.25, 0.3) is 0 Å². The van der Waals surface area contributed by atoms with E-state index >= 15 is 0 Å². The van der Waals surface area contributed by atoms with E-state index < -0.39 is 0 Å². The van der Waals surface area contributed by atoms with E-state index in [0.717, 1.165) is 24.0 Å². The van der Waals surface area contributed by atoms with Gasteiger partial charge in [0, 0.05) is 6.92 Å². The summed E-state index contributed by atoms with van der Waals surface area (Å²) >= 11 is 0. The van der Waals surface area contributed by atoms with E-state index in [0.29, 0.717) is 0 Å². The predicted molar refractivity (Wildman–Crippen MR) is 47.5 cm³/mol. The van der Waals surface area contributed by atoms with E-state index in [-0.39, 0.29) is 5.97 Å². The van der Waals surface area contributed by atoms with Crippen molar-refractivity contribution in [3.8, 4) is 0 Å². The number of ether oxygens (including phenoxy) is 1. The van der Waals surface area contributed by atoms with Gasteiger partial charge in [0.05, 0.1) is 6.26 Å². The molecule has 0 atom stereocenters. The van der Waals surface area contributed by atoms with Gasteiger partial charge in [-0.3, -0.25) is 4.79 Å². The maximum Gasteiger partial charge on any atom is 0.307 e. The van der Waals surface area contributed by atoms with Gasteiger partial charge >= 0.3 is 5.97 Å². The Morgan fingerprint density at radius 1 is 1.50 bits per heavy atom. The number of carbonyl (C=O) groups excluding carboxylic acids is 1. The Balaban J connectivity index is 2.53. The minimum Gasteiger partial charge on any atom is -0.434 e. The fourth-order valence-electron chi connectivity index (χ4n) is 1.29. The number of allylic oxidation sites excluding steroid dienone is 2. The van der Waals surface area contributed by atoms with E-state index in [9.17, 15) is 4.79 Å². The number of carbonyl (C=O) groups is 1. The van der Waals surface area contributed by atoms with Gasteiger partial charge in [-0.25, -0.2) is 0 Å². The van der Waals surface area contributed by atoms with Crippen LogP contribution in [0.3, 0.4) is 0 Å². The Kier molecular flexibility index (Phi) is 3.09. The van der Waals surface area contributed by atoms with Crippen molar-refractivity contribution in [3.63, 3.8) is 0 Å². The third-order valence-corrected chi connectivity index (χ3v) is 2.00. The van der Waals surface area contributed by atoms with Crippen LogP contribution < -0.4 is 0 Å². The molecule has 0 aromatic carbocycles. The van der Waals surface area contributed by atoms with Crippen LogP contribution in [0.5, 0.6) is 0 Å². The van der Waals surface area contributed by atoms with Crippen molar-refractivity contribution in [2.75, 3.05) is 0 Å². The summed E-state index contributed by atoms with van der Waals surface area (Å²) in [6.45, 7) is 5.32. The zero-order valence-corrected chi connectivity index (χ0v) is 7.43. The van der Waals surface area contributed by atoms with Crippen molar-refractivity contribution in [1.82, 2.24) is 0 Å². The summed E-state index contributed by atoms with van der Waals surface area (Å²) < 4.78 is 4.79. The molecule has 0 heterocycles. The first kappa shape index (κ1) is 9.04. The highest BCUT2D eigenvalue weighted by atomic mass is 16.5. The molecule has 0 aromatic heterocycles. The molecule has 0 aromatic rings. The largest absolute Gasteiger partial charge is 0.434 e. The topological polar surface area (TPSA) is 26.3 Å². The van der Waals surface area contributed by atoms with Gasteiger partial charge in [-0.1, -0.05) is 6.58 Å². The minimum absolute atomic E-state index is 0.263. The average molecular weight is 166 g/mol. The van der Waals surface area contributed by atoms with Gasteiger partial charge < -0.3 is 4.74 Å². The molecular formula is C10H14O2. The maximum atomic E-state index is 10.5. The minimum atomic E-state index is -0.263. The Hall–Kier alpha value is -1.05. The first-order valence-corrected chi connectivity index (χ1v) is 4.24. The number of rotatable bonds is 1. The Labute approximate surface area is 72.9 Å². The van der Waals surface area contributed by atoms with Crippen LogP contribution in [0.15, 0.2) is 24.0 Å². The third kappa shape index (κ3) is 2.53. The highest BCUT2D eigenvalue weighted by Gasteiger charge is 2.09. The van der Waals surface area contributed by atoms with Crippen molar-refractivity contribution < 1.29 is 9.53 Å². The molecule has 66 valence electrons. The molecule has 0 spiro atoms.